The molecular formula is C26H24Cl2N4O2S. The summed E-state index contributed by atoms with van der Waals surface area (Å²) in [6.45, 7) is 2.16. The van der Waals surface area contributed by atoms with Gasteiger partial charge in [0, 0.05) is 10.8 Å². The van der Waals surface area contributed by atoms with E-state index in [0.29, 0.717) is 21.8 Å². The molecule has 1 N–H and O–H groups in total. The Hall–Kier alpha value is -3.00. The normalized spacial score (nSPS) is 11.8. The molecule has 1 aromatic heterocycles. The van der Waals surface area contributed by atoms with Gasteiger partial charge in [-0.3, -0.25) is 9.36 Å². The van der Waals surface area contributed by atoms with Crippen LogP contribution in [0.3, 0.4) is 0 Å². The maximum Gasteiger partial charge on any atom is 0.242 e. The first-order chi connectivity index (χ1) is 17.0. The summed E-state index contributed by atoms with van der Waals surface area (Å²) in [5, 5.41) is 12.2. The molecule has 180 valence electrons. The standard InChI is InChI=1S/C26H24Cl2N4O2S/c1-17-11-12-20(27)14-22(17)32-23(15-29-25(33)24(28)19-8-4-3-5-9-19)30-31-26(32)35-16-18-7-6-10-21(13-18)34-2/h3-14,24H,15-16H2,1-2H3,(H,29,33). The van der Waals surface area contributed by atoms with Crippen LogP contribution in [0.25, 0.3) is 5.69 Å². The number of hydrogen-bond acceptors (Lipinski definition) is 5. The second kappa shape index (κ2) is 11.6. The monoisotopic (exact) mass is 526 g/mol. The van der Waals surface area contributed by atoms with Crippen LogP contribution in [0.5, 0.6) is 5.75 Å². The molecule has 3 aromatic carbocycles. The van der Waals surface area contributed by atoms with E-state index in [2.05, 4.69) is 15.5 Å². The summed E-state index contributed by atoms with van der Waals surface area (Å²) >= 11 is 14.2. The van der Waals surface area contributed by atoms with Gasteiger partial charge < -0.3 is 10.1 Å². The number of nitrogens with one attached hydrogen (secondary N) is 1. The van der Waals surface area contributed by atoms with E-state index >= 15 is 0 Å². The number of carbonyl (C=O) groups excluding carboxylic acids is 1. The predicted molar refractivity (Wildman–Crippen MR) is 141 cm³/mol. The number of benzene rings is 3. The molecule has 0 saturated heterocycles. The van der Waals surface area contributed by atoms with Crippen molar-refractivity contribution in [1.82, 2.24) is 20.1 Å². The Balaban J connectivity index is 1.58. The fraction of sp³-hybridized carbons (Fsp3) is 0.192. The second-order valence-electron chi connectivity index (χ2n) is 7.80. The summed E-state index contributed by atoms with van der Waals surface area (Å²) < 4.78 is 7.26. The first-order valence-corrected chi connectivity index (χ1v) is 12.7. The van der Waals surface area contributed by atoms with E-state index in [1.165, 1.54) is 11.8 Å². The molecule has 0 spiro atoms. The zero-order valence-electron chi connectivity index (χ0n) is 19.2. The number of carbonyl (C=O) groups is 1. The highest BCUT2D eigenvalue weighted by Gasteiger charge is 2.21. The molecule has 4 rings (SSSR count). The van der Waals surface area contributed by atoms with E-state index in [9.17, 15) is 4.79 Å². The largest absolute Gasteiger partial charge is 0.497 e. The molecule has 4 aromatic rings. The molecule has 35 heavy (non-hydrogen) atoms. The summed E-state index contributed by atoms with van der Waals surface area (Å²) in [6.07, 6.45) is 0. The zero-order chi connectivity index (χ0) is 24.8. The molecule has 0 aliphatic heterocycles. The van der Waals surface area contributed by atoms with E-state index in [4.69, 9.17) is 27.9 Å². The van der Waals surface area contributed by atoms with Crippen LogP contribution in [0.15, 0.2) is 78.0 Å². The fourth-order valence-corrected chi connectivity index (χ4v) is 4.81. The van der Waals surface area contributed by atoms with Crippen LogP contribution in [-0.2, 0) is 17.1 Å². The predicted octanol–water partition coefficient (Wildman–Crippen LogP) is 6.13. The van der Waals surface area contributed by atoms with Crippen molar-refractivity contribution in [3.05, 3.63) is 100 Å². The highest BCUT2D eigenvalue weighted by molar-refractivity contribution is 7.98. The van der Waals surface area contributed by atoms with Gasteiger partial charge in [0.1, 0.15) is 11.1 Å². The minimum absolute atomic E-state index is 0.160. The van der Waals surface area contributed by atoms with Gasteiger partial charge >= 0.3 is 0 Å². The molecule has 9 heteroatoms. The van der Waals surface area contributed by atoms with Crippen LogP contribution in [-0.4, -0.2) is 27.8 Å². The Bertz CT molecular complexity index is 1310. The molecule has 0 radical (unpaired) electrons. The van der Waals surface area contributed by atoms with Crippen molar-refractivity contribution in [1.29, 1.82) is 0 Å². The smallest absolute Gasteiger partial charge is 0.242 e. The highest BCUT2D eigenvalue weighted by Crippen LogP contribution is 2.29. The maximum absolute atomic E-state index is 12.7. The molecule has 0 aliphatic rings. The number of alkyl halides is 1. The van der Waals surface area contributed by atoms with Crippen molar-refractivity contribution >= 4 is 40.9 Å². The number of methoxy groups -OCH3 is 1. The number of rotatable bonds is 9. The Labute approximate surface area is 218 Å². The summed E-state index contributed by atoms with van der Waals surface area (Å²) in [5.41, 5.74) is 3.68. The Morgan fingerprint density at radius 1 is 1.09 bits per heavy atom. The average molecular weight is 527 g/mol. The SMILES string of the molecule is COc1cccc(CSc2nnc(CNC(=O)C(Cl)c3ccccc3)n2-c2cc(Cl)ccc2C)c1. The minimum Gasteiger partial charge on any atom is -0.497 e. The van der Waals surface area contributed by atoms with Crippen molar-refractivity contribution in [2.24, 2.45) is 0 Å². The lowest BCUT2D eigenvalue weighted by Gasteiger charge is -2.15. The van der Waals surface area contributed by atoms with Crippen LogP contribution in [0.1, 0.15) is 27.9 Å². The van der Waals surface area contributed by atoms with Crippen molar-refractivity contribution in [2.45, 2.75) is 29.8 Å². The Kier molecular flexibility index (Phi) is 8.33. The topological polar surface area (TPSA) is 69.0 Å². The van der Waals surface area contributed by atoms with Crippen LogP contribution in [0, 0.1) is 6.92 Å². The Morgan fingerprint density at radius 2 is 1.89 bits per heavy atom. The summed E-state index contributed by atoms with van der Waals surface area (Å²) in [7, 11) is 1.65. The minimum atomic E-state index is -0.803. The van der Waals surface area contributed by atoms with Crippen LogP contribution >= 0.6 is 35.0 Å². The lowest BCUT2D eigenvalue weighted by molar-refractivity contribution is -0.121. The Morgan fingerprint density at radius 3 is 2.66 bits per heavy atom. The number of halogens is 2. The van der Waals surface area contributed by atoms with Gasteiger partial charge in [-0.05, 0) is 47.9 Å². The van der Waals surface area contributed by atoms with Gasteiger partial charge in [0.25, 0.3) is 0 Å². The van der Waals surface area contributed by atoms with Gasteiger partial charge in [-0.2, -0.15) is 0 Å². The number of amides is 1. The van der Waals surface area contributed by atoms with Gasteiger partial charge in [-0.15, -0.1) is 21.8 Å². The van der Waals surface area contributed by atoms with Gasteiger partial charge in [0.15, 0.2) is 11.0 Å². The van der Waals surface area contributed by atoms with E-state index in [0.717, 1.165) is 28.1 Å². The van der Waals surface area contributed by atoms with Crippen molar-refractivity contribution in [3.63, 3.8) is 0 Å². The molecule has 0 bridgehead atoms. The molecule has 6 nitrogen and oxygen atoms in total. The third-order valence-electron chi connectivity index (χ3n) is 5.36. The number of aryl methyl sites for hydroxylation is 1. The molecule has 0 fully saturated rings. The number of thioether (sulfide) groups is 1. The van der Waals surface area contributed by atoms with Crippen LogP contribution < -0.4 is 10.1 Å². The second-order valence-corrected chi connectivity index (χ2v) is 9.61. The van der Waals surface area contributed by atoms with E-state index < -0.39 is 5.38 Å². The van der Waals surface area contributed by atoms with Crippen molar-refractivity contribution in [3.8, 4) is 11.4 Å². The van der Waals surface area contributed by atoms with E-state index in [1.807, 2.05) is 84.3 Å². The molecular weight excluding hydrogens is 503 g/mol. The third kappa shape index (κ3) is 6.17. The number of nitrogens with zero attached hydrogens (tertiary/aromatic N) is 3. The molecule has 1 heterocycles. The zero-order valence-corrected chi connectivity index (χ0v) is 21.6. The molecule has 0 saturated carbocycles. The summed E-state index contributed by atoms with van der Waals surface area (Å²) in [5.74, 6) is 1.74. The van der Waals surface area contributed by atoms with Gasteiger partial charge in [0.2, 0.25) is 5.91 Å². The van der Waals surface area contributed by atoms with Crippen LogP contribution in [0.2, 0.25) is 5.02 Å². The first-order valence-electron chi connectivity index (χ1n) is 10.9. The molecule has 1 amide bonds. The third-order valence-corrected chi connectivity index (χ3v) is 7.04. The average Bonchev–Trinajstić information content (AvgIpc) is 3.30. The number of aromatic nitrogens is 3. The lowest BCUT2D eigenvalue weighted by atomic mass is 10.1. The van der Waals surface area contributed by atoms with E-state index in [-0.39, 0.29) is 12.5 Å². The number of hydrogen-bond donors (Lipinski definition) is 1. The first kappa shape index (κ1) is 25.1. The van der Waals surface area contributed by atoms with Gasteiger partial charge in [-0.25, -0.2) is 0 Å². The van der Waals surface area contributed by atoms with Gasteiger partial charge in [-0.1, -0.05) is 71.9 Å². The molecule has 0 aliphatic carbocycles. The van der Waals surface area contributed by atoms with E-state index in [1.54, 1.807) is 7.11 Å². The van der Waals surface area contributed by atoms with Crippen molar-refractivity contribution in [2.75, 3.05) is 7.11 Å². The maximum atomic E-state index is 12.7. The van der Waals surface area contributed by atoms with Gasteiger partial charge in [0.05, 0.1) is 19.3 Å². The molecule has 1 atom stereocenters. The molecule has 1 unspecified atom stereocenters. The lowest BCUT2D eigenvalue weighted by Crippen LogP contribution is -2.28. The highest BCUT2D eigenvalue weighted by atomic mass is 35.5. The van der Waals surface area contributed by atoms with Crippen molar-refractivity contribution < 1.29 is 9.53 Å². The fourth-order valence-electron chi connectivity index (χ4n) is 3.51. The number of ether oxygens (including phenoxy) is 1. The van der Waals surface area contributed by atoms with Crippen LogP contribution in [0.4, 0.5) is 0 Å². The summed E-state index contributed by atoms with van der Waals surface area (Å²) in [4.78, 5) is 12.7. The quantitative estimate of drug-likeness (QED) is 0.210. The summed E-state index contributed by atoms with van der Waals surface area (Å²) in [6, 6.07) is 22.8.